The molecule has 1 heterocycles. The quantitative estimate of drug-likeness (QED) is 0.645. The van der Waals surface area contributed by atoms with Crippen molar-refractivity contribution in [3.05, 3.63) is 23.4 Å². The SMILES string of the molecule is Cc1cnc(N)c(CC#N)c1. The summed E-state index contributed by atoms with van der Waals surface area (Å²) in [7, 11) is 0. The van der Waals surface area contributed by atoms with E-state index in [0.29, 0.717) is 12.2 Å². The minimum Gasteiger partial charge on any atom is -0.383 e. The van der Waals surface area contributed by atoms with Crippen LogP contribution in [-0.4, -0.2) is 4.98 Å². The van der Waals surface area contributed by atoms with Crippen LogP contribution in [0.4, 0.5) is 5.82 Å². The van der Waals surface area contributed by atoms with Crippen molar-refractivity contribution in [2.24, 2.45) is 0 Å². The highest BCUT2D eigenvalue weighted by Gasteiger charge is 1.98. The van der Waals surface area contributed by atoms with E-state index in [4.69, 9.17) is 11.0 Å². The molecule has 0 saturated heterocycles. The van der Waals surface area contributed by atoms with E-state index in [1.807, 2.05) is 19.1 Å². The Balaban J connectivity index is 3.05. The first-order chi connectivity index (χ1) is 5.24. The van der Waals surface area contributed by atoms with Crippen LogP contribution in [0.15, 0.2) is 12.3 Å². The van der Waals surface area contributed by atoms with Gasteiger partial charge in [0, 0.05) is 11.8 Å². The molecule has 0 amide bonds. The Hall–Kier alpha value is -1.56. The molecule has 3 heteroatoms. The Kier molecular flexibility index (Phi) is 2.07. The van der Waals surface area contributed by atoms with Crippen molar-refractivity contribution in [2.75, 3.05) is 5.73 Å². The van der Waals surface area contributed by atoms with E-state index >= 15 is 0 Å². The Bertz CT molecular complexity index is 299. The predicted molar refractivity (Wildman–Crippen MR) is 42.7 cm³/mol. The van der Waals surface area contributed by atoms with Crippen LogP contribution in [0.2, 0.25) is 0 Å². The zero-order valence-electron chi connectivity index (χ0n) is 6.33. The normalized spacial score (nSPS) is 9.09. The number of aromatic nitrogens is 1. The number of pyridine rings is 1. The molecule has 0 aromatic carbocycles. The molecule has 1 aromatic heterocycles. The van der Waals surface area contributed by atoms with Gasteiger partial charge in [-0.1, -0.05) is 0 Å². The van der Waals surface area contributed by atoms with Gasteiger partial charge in [-0.25, -0.2) is 4.98 Å². The fraction of sp³-hybridized carbons (Fsp3) is 0.250. The molecule has 0 aliphatic carbocycles. The monoisotopic (exact) mass is 147 g/mol. The molecule has 2 N–H and O–H groups in total. The van der Waals surface area contributed by atoms with Gasteiger partial charge >= 0.3 is 0 Å². The maximum Gasteiger partial charge on any atom is 0.127 e. The van der Waals surface area contributed by atoms with Crippen molar-refractivity contribution in [1.29, 1.82) is 5.26 Å². The molecule has 0 aliphatic heterocycles. The smallest absolute Gasteiger partial charge is 0.127 e. The summed E-state index contributed by atoms with van der Waals surface area (Å²) in [6.45, 7) is 1.92. The van der Waals surface area contributed by atoms with Crippen molar-refractivity contribution >= 4 is 5.82 Å². The molecule has 0 aliphatic rings. The lowest BCUT2D eigenvalue weighted by atomic mass is 10.1. The van der Waals surface area contributed by atoms with Crippen molar-refractivity contribution in [1.82, 2.24) is 4.98 Å². The van der Waals surface area contributed by atoms with Gasteiger partial charge in [-0.15, -0.1) is 0 Å². The minimum atomic E-state index is 0.334. The Labute approximate surface area is 65.5 Å². The Morgan fingerprint density at radius 2 is 2.45 bits per heavy atom. The van der Waals surface area contributed by atoms with E-state index in [9.17, 15) is 0 Å². The summed E-state index contributed by atoms with van der Waals surface area (Å²) in [4.78, 5) is 3.92. The first kappa shape index (κ1) is 7.55. The fourth-order valence-corrected chi connectivity index (χ4v) is 0.867. The Morgan fingerprint density at radius 3 is 3.09 bits per heavy atom. The summed E-state index contributed by atoms with van der Waals surface area (Å²) >= 11 is 0. The van der Waals surface area contributed by atoms with Crippen LogP contribution in [0.3, 0.4) is 0 Å². The third-order valence-corrected chi connectivity index (χ3v) is 1.41. The molecule has 1 aromatic rings. The zero-order valence-corrected chi connectivity index (χ0v) is 6.33. The second-order valence-corrected chi connectivity index (χ2v) is 2.39. The number of nitrogens with two attached hydrogens (primary N) is 1. The lowest BCUT2D eigenvalue weighted by molar-refractivity contribution is 1.17. The van der Waals surface area contributed by atoms with E-state index in [1.54, 1.807) is 6.20 Å². The summed E-state index contributed by atoms with van der Waals surface area (Å²) in [5, 5.41) is 8.40. The molecule has 56 valence electrons. The van der Waals surface area contributed by atoms with Crippen LogP contribution >= 0.6 is 0 Å². The maximum atomic E-state index is 8.40. The molecule has 0 radical (unpaired) electrons. The van der Waals surface area contributed by atoms with Gasteiger partial charge in [-0.2, -0.15) is 5.26 Å². The lowest BCUT2D eigenvalue weighted by Crippen LogP contribution is -1.97. The fourth-order valence-electron chi connectivity index (χ4n) is 0.867. The lowest BCUT2D eigenvalue weighted by Gasteiger charge is -1.99. The van der Waals surface area contributed by atoms with Crippen LogP contribution in [-0.2, 0) is 6.42 Å². The molecule has 11 heavy (non-hydrogen) atoms. The van der Waals surface area contributed by atoms with E-state index in [2.05, 4.69) is 4.98 Å². The molecule has 0 unspecified atom stereocenters. The third-order valence-electron chi connectivity index (χ3n) is 1.41. The van der Waals surface area contributed by atoms with Gasteiger partial charge in [0.2, 0.25) is 0 Å². The van der Waals surface area contributed by atoms with Crippen LogP contribution in [0.25, 0.3) is 0 Å². The van der Waals surface area contributed by atoms with Crippen LogP contribution in [0.1, 0.15) is 11.1 Å². The minimum absolute atomic E-state index is 0.334. The highest BCUT2D eigenvalue weighted by molar-refractivity contribution is 5.42. The summed E-state index contributed by atoms with van der Waals surface area (Å²) in [6.07, 6.45) is 2.02. The maximum absolute atomic E-state index is 8.40. The standard InChI is InChI=1S/C8H9N3/c1-6-4-7(2-3-9)8(10)11-5-6/h4-5H,2H2,1H3,(H2,10,11). The van der Waals surface area contributed by atoms with Crippen molar-refractivity contribution in [2.45, 2.75) is 13.3 Å². The average Bonchev–Trinajstić information content (AvgIpc) is 1.98. The van der Waals surface area contributed by atoms with E-state index < -0.39 is 0 Å². The van der Waals surface area contributed by atoms with Gasteiger partial charge < -0.3 is 5.73 Å². The third kappa shape index (κ3) is 1.68. The topological polar surface area (TPSA) is 62.7 Å². The number of nitrogens with zero attached hydrogens (tertiary/aromatic N) is 2. The van der Waals surface area contributed by atoms with Crippen molar-refractivity contribution in [3.8, 4) is 6.07 Å². The molecular weight excluding hydrogens is 138 g/mol. The van der Waals surface area contributed by atoms with Crippen LogP contribution in [0, 0.1) is 18.3 Å². The summed E-state index contributed by atoms with van der Waals surface area (Å²) in [5.41, 5.74) is 7.36. The second-order valence-electron chi connectivity index (χ2n) is 2.39. The van der Waals surface area contributed by atoms with Crippen LogP contribution < -0.4 is 5.73 Å². The largest absolute Gasteiger partial charge is 0.383 e. The summed E-state index contributed by atoms with van der Waals surface area (Å²) in [5.74, 6) is 0.456. The molecule has 0 spiro atoms. The second kappa shape index (κ2) is 3.02. The number of rotatable bonds is 1. The van der Waals surface area contributed by atoms with Crippen molar-refractivity contribution < 1.29 is 0 Å². The van der Waals surface area contributed by atoms with Gasteiger partial charge in [0.15, 0.2) is 0 Å². The van der Waals surface area contributed by atoms with Gasteiger partial charge in [0.1, 0.15) is 5.82 Å². The van der Waals surface area contributed by atoms with Gasteiger partial charge in [-0.3, -0.25) is 0 Å². The molecule has 1 rings (SSSR count). The number of hydrogen-bond donors (Lipinski definition) is 1. The first-order valence-electron chi connectivity index (χ1n) is 3.32. The van der Waals surface area contributed by atoms with Gasteiger partial charge in [0.25, 0.3) is 0 Å². The predicted octanol–water partition coefficient (Wildman–Crippen LogP) is 1.04. The van der Waals surface area contributed by atoms with Crippen molar-refractivity contribution in [3.63, 3.8) is 0 Å². The number of hydrogen-bond acceptors (Lipinski definition) is 3. The number of nitrogen functional groups attached to an aromatic ring is 1. The highest BCUT2D eigenvalue weighted by Crippen LogP contribution is 2.09. The molecule has 0 atom stereocenters. The van der Waals surface area contributed by atoms with Gasteiger partial charge in [0.05, 0.1) is 12.5 Å². The molecule has 0 fully saturated rings. The number of anilines is 1. The molecular formula is C8H9N3. The van der Waals surface area contributed by atoms with E-state index in [0.717, 1.165) is 11.1 Å². The van der Waals surface area contributed by atoms with Crippen LogP contribution in [0.5, 0.6) is 0 Å². The number of nitriles is 1. The van der Waals surface area contributed by atoms with Gasteiger partial charge in [-0.05, 0) is 18.6 Å². The zero-order chi connectivity index (χ0) is 8.27. The molecule has 3 nitrogen and oxygen atoms in total. The number of aryl methyl sites for hydroxylation is 1. The molecule has 0 saturated carbocycles. The van der Waals surface area contributed by atoms with E-state index in [1.165, 1.54) is 0 Å². The average molecular weight is 147 g/mol. The Morgan fingerprint density at radius 1 is 1.73 bits per heavy atom. The summed E-state index contributed by atoms with van der Waals surface area (Å²) < 4.78 is 0. The highest BCUT2D eigenvalue weighted by atomic mass is 14.8. The first-order valence-corrected chi connectivity index (χ1v) is 3.32. The van der Waals surface area contributed by atoms with E-state index in [-0.39, 0.29) is 0 Å². The summed E-state index contributed by atoms with van der Waals surface area (Å²) in [6, 6.07) is 3.91. The molecule has 0 bridgehead atoms.